The number of alkyl halides is 3. The second-order valence-electron chi connectivity index (χ2n) is 5.63. The number of amides is 1. The fraction of sp³-hybridized carbons (Fsp3) is 0.533. The molecular weight excluding hydrogens is 267 g/mol. The minimum Gasteiger partial charge on any atom is -0.343 e. The number of benzene rings is 1. The van der Waals surface area contributed by atoms with E-state index >= 15 is 0 Å². The van der Waals surface area contributed by atoms with Gasteiger partial charge in [-0.15, -0.1) is 0 Å². The Kier molecular flexibility index (Phi) is 3.80. The molecule has 1 aromatic carbocycles. The molecule has 1 amide bonds. The summed E-state index contributed by atoms with van der Waals surface area (Å²) in [6.07, 6.45) is -1.51. The van der Waals surface area contributed by atoms with Crippen LogP contribution in [0.15, 0.2) is 18.2 Å². The lowest BCUT2D eigenvalue weighted by Gasteiger charge is -2.14. The molecule has 1 aromatic rings. The molecule has 0 atom stereocenters. The predicted octanol–water partition coefficient (Wildman–Crippen LogP) is 3.59. The highest BCUT2D eigenvalue weighted by atomic mass is 19.4. The van der Waals surface area contributed by atoms with Gasteiger partial charge in [0.1, 0.15) is 6.54 Å². The van der Waals surface area contributed by atoms with Crippen LogP contribution < -0.4 is 5.32 Å². The first-order valence-corrected chi connectivity index (χ1v) is 6.73. The summed E-state index contributed by atoms with van der Waals surface area (Å²) in [5.74, 6) is -0.664. The van der Waals surface area contributed by atoms with Crippen LogP contribution >= 0.6 is 0 Å². The van der Waals surface area contributed by atoms with Crippen molar-refractivity contribution in [1.82, 2.24) is 5.32 Å². The Bertz CT molecular complexity index is 518. The highest BCUT2D eigenvalue weighted by molar-refractivity contribution is 5.94. The van der Waals surface area contributed by atoms with Crippen LogP contribution in [0.2, 0.25) is 0 Å². The standard InChI is InChI=1S/C15H18F3NO/c1-3-10-6-11(13(20)19-9-15(16,17)18)8-12(7-10)14(2)4-5-14/h6-8H,3-5,9H2,1-2H3,(H,19,20). The number of rotatable bonds is 4. The molecule has 1 aliphatic rings. The van der Waals surface area contributed by atoms with Crippen molar-refractivity contribution in [1.29, 1.82) is 0 Å². The highest BCUT2D eigenvalue weighted by Gasteiger charge is 2.39. The van der Waals surface area contributed by atoms with Gasteiger partial charge in [-0.1, -0.05) is 19.9 Å². The summed E-state index contributed by atoms with van der Waals surface area (Å²) in [6.45, 7) is 2.78. The molecule has 0 radical (unpaired) electrons. The van der Waals surface area contributed by atoms with E-state index in [0.29, 0.717) is 5.56 Å². The quantitative estimate of drug-likeness (QED) is 0.900. The van der Waals surface area contributed by atoms with Crippen LogP contribution in [0.5, 0.6) is 0 Å². The van der Waals surface area contributed by atoms with Crippen LogP contribution in [-0.2, 0) is 11.8 Å². The third-order valence-corrected chi connectivity index (χ3v) is 3.81. The molecule has 0 saturated heterocycles. The van der Waals surface area contributed by atoms with Gasteiger partial charge in [0.25, 0.3) is 5.91 Å². The molecule has 20 heavy (non-hydrogen) atoms. The maximum absolute atomic E-state index is 12.1. The van der Waals surface area contributed by atoms with Gasteiger partial charge < -0.3 is 5.32 Å². The molecular formula is C15H18F3NO. The van der Waals surface area contributed by atoms with Gasteiger partial charge in [0.2, 0.25) is 0 Å². The molecule has 0 aromatic heterocycles. The largest absolute Gasteiger partial charge is 0.405 e. The van der Waals surface area contributed by atoms with Gasteiger partial charge in [0.05, 0.1) is 0 Å². The first kappa shape index (κ1) is 14.9. The van der Waals surface area contributed by atoms with Gasteiger partial charge in [-0.3, -0.25) is 4.79 Å². The van der Waals surface area contributed by atoms with E-state index in [-0.39, 0.29) is 5.41 Å². The van der Waals surface area contributed by atoms with Gasteiger partial charge in [0.15, 0.2) is 0 Å². The summed E-state index contributed by atoms with van der Waals surface area (Å²) in [4.78, 5) is 11.8. The number of nitrogens with one attached hydrogen (secondary N) is 1. The lowest BCUT2D eigenvalue weighted by atomic mass is 9.93. The molecule has 2 rings (SSSR count). The Labute approximate surface area is 116 Å². The maximum Gasteiger partial charge on any atom is 0.405 e. The first-order chi connectivity index (χ1) is 9.23. The molecule has 0 aliphatic heterocycles. The third-order valence-electron chi connectivity index (χ3n) is 3.81. The average molecular weight is 285 g/mol. The van der Waals surface area contributed by atoms with Crippen LogP contribution in [0.1, 0.15) is 48.2 Å². The molecule has 0 unspecified atom stereocenters. The zero-order valence-corrected chi connectivity index (χ0v) is 11.6. The molecule has 1 fully saturated rings. The normalized spacial score (nSPS) is 16.9. The summed E-state index contributed by atoms with van der Waals surface area (Å²) in [6, 6.07) is 5.44. The molecule has 110 valence electrons. The number of carbonyl (C=O) groups excluding carboxylic acids is 1. The van der Waals surface area contributed by atoms with Crippen LogP contribution in [0, 0.1) is 0 Å². The second-order valence-corrected chi connectivity index (χ2v) is 5.63. The van der Waals surface area contributed by atoms with Gasteiger partial charge in [0, 0.05) is 5.56 Å². The number of hydrogen-bond acceptors (Lipinski definition) is 1. The van der Waals surface area contributed by atoms with Crippen molar-refractivity contribution in [3.63, 3.8) is 0 Å². The lowest BCUT2D eigenvalue weighted by molar-refractivity contribution is -0.123. The number of aryl methyl sites for hydroxylation is 1. The van der Waals surface area contributed by atoms with Gasteiger partial charge in [-0.2, -0.15) is 13.2 Å². The topological polar surface area (TPSA) is 29.1 Å². The van der Waals surface area contributed by atoms with Crippen molar-refractivity contribution < 1.29 is 18.0 Å². The Hall–Kier alpha value is -1.52. The van der Waals surface area contributed by atoms with Crippen LogP contribution in [0.4, 0.5) is 13.2 Å². The van der Waals surface area contributed by atoms with E-state index in [2.05, 4.69) is 6.92 Å². The molecule has 0 heterocycles. The fourth-order valence-corrected chi connectivity index (χ4v) is 2.13. The van der Waals surface area contributed by atoms with E-state index < -0.39 is 18.6 Å². The SMILES string of the molecule is CCc1cc(C(=O)NCC(F)(F)F)cc(C2(C)CC2)c1. The predicted molar refractivity (Wildman–Crippen MR) is 70.8 cm³/mol. The number of hydrogen-bond donors (Lipinski definition) is 1. The van der Waals surface area contributed by atoms with E-state index in [9.17, 15) is 18.0 Å². The number of halogens is 3. The molecule has 1 aliphatic carbocycles. The summed E-state index contributed by atoms with van der Waals surface area (Å²) < 4.78 is 36.4. The highest BCUT2D eigenvalue weighted by Crippen LogP contribution is 2.48. The second kappa shape index (κ2) is 5.11. The molecule has 0 spiro atoms. The Balaban J connectivity index is 2.20. The Morgan fingerprint density at radius 3 is 2.45 bits per heavy atom. The van der Waals surface area contributed by atoms with E-state index in [1.54, 1.807) is 12.1 Å². The summed E-state index contributed by atoms with van der Waals surface area (Å²) in [7, 11) is 0. The Morgan fingerprint density at radius 1 is 1.30 bits per heavy atom. The third kappa shape index (κ3) is 3.52. The zero-order chi connectivity index (χ0) is 15.0. The van der Waals surface area contributed by atoms with Gasteiger partial charge in [-0.25, -0.2) is 0 Å². The lowest BCUT2D eigenvalue weighted by Crippen LogP contribution is -2.33. The minimum absolute atomic E-state index is 0.0875. The molecule has 0 bridgehead atoms. The summed E-state index contributed by atoms with van der Waals surface area (Å²) in [5.41, 5.74) is 2.43. The smallest absolute Gasteiger partial charge is 0.343 e. The van der Waals surface area contributed by atoms with Crippen molar-refractivity contribution in [3.05, 3.63) is 34.9 Å². The van der Waals surface area contributed by atoms with E-state index in [4.69, 9.17) is 0 Å². The molecule has 1 N–H and O–H groups in total. The van der Waals surface area contributed by atoms with Gasteiger partial charge in [-0.05, 0) is 47.9 Å². The summed E-state index contributed by atoms with van der Waals surface area (Å²) in [5, 5.41) is 1.93. The zero-order valence-electron chi connectivity index (χ0n) is 11.6. The molecule has 1 saturated carbocycles. The maximum atomic E-state index is 12.1. The van der Waals surface area contributed by atoms with Crippen molar-refractivity contribution in [2.24, 2.45) is 0 Å². The minimum atomic E-state index is -4.39. The average Bonchev–Trinajstić information content (AvgIpc) is 3.14. The monoisotopic (exact) mass is 285 g/mol. The fourth-order valence-electron chi connectivity index (χ4n) is 2.13. The van der Waals surface area contributed by atoms with Crippen molar-refractivity contribution in [2.75, 3.05) is 6.54 Å². The van der Waals surface area contributed by atoms with Crippen molar-refractivity contribution >= 4 is 5.91 Å². The van der Waals surface area contributed by atoms with Gasteiger partial charge >= 0.3 is 6.18 Å². The molecule has 2 nitrogen and oxygen atoms in total. The van der Waals surface area contributed by atoms with Crippen LogP contribution in [-0.4, -0.2) is 18.6 Å². The van der Waals surface area contributed by atoms with E-state index in [1.165, 1.54) is 0 Å². The number of carbonyl (C=O) groups is 1. The first-order valence-electron chi connectivity index (χ1n) is 6.73. The molecule has 5 heteroatoms. The van der Waals surface area contributed by atoms with Crippen LogP contribution in [0.25, 0.3) is 0 Å². The van der Waals surface area contributed by atoms with E-state index in [1.807, 2.05) is 18.3 Å². The van der Waals surface area contributed by atoms with E-state index in [0.717, 1.165) is 30.4 Å². The van der Waals surface area contributed by atoms with Crippen molar-refractivity contribution in [3.8, 4) is 0 Å². The van der Waals surface area contributed by atoms with Crippen LogP contribution in [0.3, 0.4) is 0 Å². The summed E-state index contributed by atoms with van der Waals surface area (Å²) >= 11 is 0. The van der Waals surface area contributed by atoms with Crippen molar-refractivity contribution in [2.45, 2.75) is 44.7 Å². The Morgan fingerprint density at radius 2 is 1.95 bits per heavy atom.